The highest BCUT2D eigenvalue weighted by molar-refractivity contribution is 7.80. The molecule has 4 rings (SSSR count). The average molecular weight is 361 g/mol. The van der Waals surface area contributed by atoms with E-state index in [1.165, 1.54) is 0 Å². The summed E-state index contributed by atoms with van der Waals surface area (Å²) >= 11 is 5.44. The molecule has 1 aliphatic rings. The van der Waals surface area contributed by atoms with Crippen molar-refractivity contribution >= 4 is 39.9 Å². The maximum absolute atomic E-state index is 12.9. The van der Waals surface area contributed by atoms with Crippen LogP contribution in [-0.2, 0) is 4.84 Å². The molecule has 3 aromatic carbocycles. The molecule has 0 bridgehead atoms. The first kappa shape index (κ1) is 16.4. The first-order valence-electron chi connectivity index (χ1n) is 8.17. The molecule has 0 unspecified atom stereocenters. The standard InChI is InChI=1S/C21H15NO3S/c1-12-9-13(2)11-15(10-12)21(24)25-22-19(23)16-7-3-5-14-6-4-8-17(18(14)16)20(22)26/h3-11H,1-2H3. The number of aryl methyl sites for hydroxylation is 2. The second-order valence-electron chi connectivity index (χ2n) is 6.37. The Hall–Kier alpha value is -3.05. The van der Waals surface area contributed by atoms with E-state index in [1.54, 1.807) is 24.3 Å². The highest BCUT2D eigenvalue weighted by Crippen LogP contribution is 2.30. The van der Waals surface area contributed by atoms with E-state index in [0.717, 1.165) is 27.0 Å². The molecule has 3 aromatic rings. The van der Waals surface area contributed by atoms with E-state index in [4.69, 9.17) is 17.1 Å². The summed E-state index contributed by atoms with van der Waals surface area (Å²) in [6, 6.07) is 16.5. The average Bonchev–Trinajstić information content (AvgIpc) is 2.62. The van der Waals surface area contributed by atoms with Crippen LogP contribution in [0.3, 0.4) is 0 Å². The van der Waals surface area contributed by atoms with Crippen molar-refractivity contribution in [2.45, 2.75) is 13.8 Å². The number of benzene rings is 3. The molecule has 4 nitrogen and oxygen atoms in total. The monoisotopic (exact) mass is 361 g/mol. The number of amides is 1. The van der Waals surface area contributed by atoms with Gasteiger partial charge in [0.1, 0.15) is 0 Å². The first-order chi connectivity index (χ1) is 12.5. The van der Waals surface area contributed by atoms with E-state index in [2.05, 4.69) is 0 Å². The van der Waals surface area contributed by atoms with E-state index in [1.807, 2.05) is 44.2 Å². The van der Waals surface area contributed by atoms with Gasteiger partial charge in [-0.2, -0.15) is 0 Å². The lowest BCUT2D eigenvalue weighted by molar-refractivity contribution is -0.0382. The minimum atomic E-state index is -0.612. The zero-order chi connectivity index (χ0) is 18.4. The second-order valence-corrected chi connectivity index (χ2v) is 6.76. The fraction of sp³-hybridized carbons (Fsp3) is 0.0952. The van der Waals surface area contributed by atoms with Crippen LogP contribution in [0.2, 0.25) is 0 Å². The number of carbonyl (C=O) groups excluding carboxylic acids is 2. The van der Waals surface area contributed by atoms with E-state index < -0.39 is 11.9 Å². The van der Waals surface area contributed by atoms with Crippen molar-refractivity contribution < 1.29 is 14.4 Å². The molecule has 5 heteroatoms. The van der Waals surface area contributed by atoms with Gasteiger partial charge in [0, 0.05) is 10.9 Å². The van der Waals surface area contributed by atoms with Crippen LogP contribution in [0, 0.1) is 13.8 Å². The second kappa shape index (κ2) is 6.04. The van der Waals surface area contributed by atoms with Gasteiger partial charge >= 0.3 is 5.97 Å². The van der Waals surface area contributed by atoms with Gasteiger partial charge in [0.15, 0.2) is 4.99 Å². The minimum Gasteiger partial charge on any atom is -0.327 e. The Balaban J connectivity index is 1.73. The van der Waals surface area contributed by atoms with Crippen molar-refractivity contribution in [2.75, 3.05) is 0 Å². The van der Waals surface area contributed by atoms with E-state index >= 15 is 0 Å². The van der Waals surface area contributed by atoms with Crippen LogP contribution in [0.25, 0.3) is 10.8 Å². The largest absolute Gasteiger partial charge is 0.363 e. The van der Waals surface area contributed by atoms with Crippen molar-refractivity contribution in [3.8, 4) is 0 Å². The highest BCUT2D eigenvalue weighted by Gasteiger charge is 2.33. The third-order valence-corrected chi connectivity index (χ3v) is 4.75. The summed E-state index contributed by atoms with van der Waals surface area (Å²) in [4.78, 5) is 31.1. The van der Waals surface area contributed by atoms with Gasteiger partial charge in [-0.3, -0.25) is 4.79 Å². The number of thiocarbonyl (C=S) groups is 1. The Morgan fingerprint density at radius 1 is 0.962 bits per heavy atom. The molecule has 1 heterocycles. The van der Waals surface area contributed by atoms with Crippen LogP contribution in [0.5, 0.6) is 0 Å². The number of rotatable bonds is 2. The van der Waals surface area contributed by atoms with Crippen LogP contribution < -0.4 is 0 Å². The normalized spacial score (nSPS) is 13.2. The lowest BCUT2D eigenvalue weighted by Gasteiger charge is -2.27. The summed E-state index contributed by atoms with van der Waals surface area (Å²) in [6.45, 7) is 3.80. The Morgan fingerprint density at radius 2 is 1.58 bits per heavy atom. The first-order valence-corrected chi connectivity index (χ1v) is 8.57. The van der Waals surface area contributed by atoms with Crippen LogP contribution in [0.1, 0.15) is 37.4 Å². The van der Waals surface area contributed by atoms with Crippen LogP contribution in [0.15, 0.2) is 54.6 Å². The molecule has 0 radical (unpaired) electrons. The van der Waals surface area contributed by atoms with Gasteiger partial charge in [-0.25, -0.2) is 4.79 Å². The van der Waals surface area contributed by atoms with Gasteiger partial charge in [-0.15, -0.1) is 5.06 Å². The molecule has 1 aliphatic heterocycles. The minimum absolute atomic E-state index is 0.192. The topological polar surface area (TPSA) is 46.6 Å². The third kappa shape index (κ3) is 2.57. The predicted molar refractivity (Wildman–Crippen MR) is 103 cm³/mol. The number of hydroxylamine groups is 2. The molecule has 0 fully saturated rings. The molecule has 0 N–H and O–H groups in total. The molecule has 26 heavy (non-hydrogen) atoms. The molecular weight excluding hydrogens is 346 g/mol. The summed E-state index contributed by atoms with van der Waals surface area (Å²) < 4.78 is 0. The zero-order valence-electron chi connectivity index (χ0n) is 14.3. The smallest absolute Gasteiger partial charge is 0.327 e. The van der Waals surface area contributed by atoms with Gasteiger partial charge in [0.05, 0.1) is 11.1 Å². The number of carbonyl (C=O) groups is 2. The third-order valence-electron chi connectivity index (χ3n) is 4.37. The van der Waals surface area contributed by atoms with Crippen molar-refractivity contribution in [2.24, 2.45) is 0 Å². The van der Waals surface area contributed by atoms with Gasteiger partial charge < -0.3 is 4.84 Å². The van der Waals surface area contributed by atoms with Crippen molar-refractivity contribution in [3.05, 3.63) is 82.4 Å². The van der Waals surface area contributed by atoms with Gasteiger partial charge in [-0.05, 0) is 37.4 Å². The van der Waals surface area contributed by atoms with Crippen molar-refractivity contribution in [3.63, 3.8) is 0 Å². The molecular formula is C21H15NO3S. The van der Waals surface area contributed by atoms with Crippen LogP contribution in [-0.4, -0.2) is 21.9 Å². The molecule has 0 atom stereocenters. The Labute approximate surface area is 155 Å². The number of nitrogens with zero attached hydrogens (tertiary/aromatic N) is 1. The molecule has 0 aliphatic carbocycles. The van der Waals surface area contributed by atoms with Crippen molar-refractivity contribution in [1.82, 2.24) is 5.06 Å². The lowest BCUT2D eigenvalue weighted by atomic mass is 9.95. The van der Waals surface area contributed by atoms with Gasteiger partial charge in [0.25, 0.3) is 5.91 Å². The van der Waals surface area contributed by atoms with E-state index in [-0.39, 0.29) is 4.99 Å². The quantitative estimate of drug-likeness (QED) is 0.636. The molecule has 0 aromatic heterocycles. The summed E-state index contributed by atoms with van der Waals surface area (Å²) in [7, 11) is 0. The molecule has 0 spiro atoms. The Bertz CT molecular complexity index is 1030. The fourth-order valence-electron chi connectivity index (χ4n) is 3.32. The maximum Gasteiger partial charge on any atom is 0.363 e. The van der Waals surface area contributed by atoms with Crippen LogP contribution in [0.4, 0.5) is 0 Å². The van der Waals surface area contributed by atoms with Crippen LogP contribution >= 0.6 is 12.2 Å². The fourth-order valence-corrected chi connectivity index (χ4v) is 3.61. The van der Waals surface area contributed by atoms with Crippen molar-refractivity contribution in [1.29, 1.82) is 0 Å². The SMILES string of the molecule is Cc1cc(C)cc(C(=O)ON2C(=O)c3cccc4cccc(c34)C2=S)c1. The lowest BCUT2D eigenvalue weighted by Crippen LogP contribution is -2.41. The summed E-state index contributed by atoms with van der Waals surface area (Å²) in [5.41, 5.74) is 3.45. The predicted octanol–water partition coefficient (Wildman–Crippen LogP) is 4.36. The Morgan fingerprint density at radius 3 is 2.23 bits per heavy atom. The van der Waals surface area contributed by atoms with E-state index in [9.17, 15) is 9.59 Å². The number of hydrogen-bond donors (Lipinski definition) is 0. The molecule has 128 valence electrons. The molecule has 0 saturated carbocycles. The van der Waals surface area contributed by atoms with Gasteiger partial charge in [-0.1, -0.05) is 59.7 Å². The number of hydrogen-bond acceptors (Lipinski definition) is 4. The molecule has 1 amide bonds. The summed E-state index contributed by atoms with van der Waals surface area (Å²) in [6.07, 6.45) is 0. The van der Waals surface area contributed by atoms with E-state index in [0.29, 0.717) is 16.7 Å². The molecule has 0 saturated heterocycles. The maximum atomic E-state index is 12.9. The Kier molecular flexibility index (Phi) is 3.81. The van der Waals surface area contributed by atoms with Gasteiger partial charge in [0.2, 0.25) is 0 Å². The zero-order valence-corrected chi connectivity index (χ0v) is 15.1. The highest BCUT2D eigenvalue weighted by atomic mass is 32.1. The summed E-state index contributed by atoms with van der Waals surface area (Å²) in [5, 5.41) is 2.64. The summed E-state index contributed by atoms with van der Waals surface area (Å²) in [5.74, 6) is -1.05.